The van der Waals surface area contributed by atoms with Gasteiger partial charge in [0.05, 0.1) is 0 Å². The van der Waals surface area contributed by atoms with Crippen LogP contribution in [0.15, 0.2) is 23.1 Å². The second-order valence-corrected chi connectivity index (χ2v) is 4.93. The Morgan fingerprint density at radius 1 is 1.41 bits per heavy atom. The monoisotopic (exact) mass is 273 g/mol. The Balaban J connectivity index is 2.07. The average Bonchev–Trinajstić information content (AvgIpc) is 2.75. The fourth-order valence-corrected chi connectivity index (χ4v) is 2.71. The SMILES string of the molecule is CNc1snnc1CSc1ccc(F)cc1F. The number of halogens is 2. The Kier molecular flexibility index (Phi) is 3.90. The van der Waals surface area contributed by atoms with Gasteiger partial charge in [-0.25, -0.2) is 8.78 Å². The quantitative estimate of drug-likeness (QED) is 0.868. The van der Waals surface area contributed by atoms with Crippen LogP contribution in [-0.4, -0.2) is 16.6 Å². The molecule has 7 heteroatoms. The molecule has 3 nitrogen and oxygen atoms in total. The molecule has 1 aromatic heterocycles. The molecule has 2 aromatic rings. The Morgan fingerprint density at radius 3 is 2.94 bits per heavy atom. The number of nitrogens with one attached hydrogen (secondary N) is 1. The van der Waals surface area contributed by atoms with Crippen LogP contribution in [0.2, 0.25) is 0 Å². The molecule has 0 atom stereocenters. The number of benzene rings is 1. The molecule has 0 aliphatic heterocycles. The number of nitrogens with zero attached hydrogens (tertiary/aromatic N) is 2. The highest BCUT2D eigenvalue weighted by molar-refractivity contribution is 7.98. The molecule has 1 heterocycles. The van der Waals surface area contributed by atoms with Gasteiger partial charge in [-0.15, -0.1) is 16.9 Å². The summed E-state index contributed by atoms with van der Waals surface area (Å²) in [6.45, 7) is 0. The number of hydrogen-bond donors (Lipinski definition) is 1. The molecular weight excluding hydrogens is 264 g/mol. The summed E-state index contributed by atoms with van der Waals surface area (Å²) in [5, 5.41) is 7.76. The minimum atomic E-state index is -0.571. The zero-order chi connectivity index (χ0) is 12.3. The van der Waals surface area contributed by atoms with Gasteiger partial charge in [0.25, 0.3) is 0 Å². The van der Waals surface area contributed by atoms with Gasteiger partial charge in [0.1, 0.15) is 22.3 Å². The van der Waals surface area contributed by atoms with Crippen molar-refractivity contribution >= 4 is 28.3 Å². The van der Waals surface area contributed by atoms with E-state index < -0.39 is 11.6 Å². The molecule has 2 rings (SSSR count). The van der Waals surface area contributed by atoms with Gasteiger partial charge in [0.15, 0.2) is 0 Å². The molecule has 90 valence electrons. The molecule has 1 N–H and O–H groups in total. The van der Waals surface area contributed by atoms with Crippen molar-refractivity contribution in [1.29, 1.82) is 0 Å². The first-order valence-corrected chi connectivity index (χ1v) is 6.53. The van der Waals surface area contributed by atoms with E-state index in [9.17, 15) is 8.78 Å². The summed E-state index contributed by atoms with van der Waals surface area (Å²) in [5.74, 6) is -0.628. The van der Waals surface area contributed by atoms with Crippen LogP contribution in [0.1, 0.15) is 5.69 Å². The minimum absolute atomic E-state index is 0.404. The van der Waals surface area contributed by atoms with Gasteiger partial charge < -0.3 is 5.32 Å². The zero-order valence-electron chi connectivity index (χ0n) is 8.91. The number of thioether (sulfide) groups is 1. The predicted molar refractivity (Wildman–Crippen MR) is 65.4 cm³/mol. The summed E-state index contributed by atoms with van der Waals surface area (Å²) >= 11 is 2.52. The van der Waals surface area contributed by atoms with Crippen LogP contribution in [0, 0.1) is 11.6 Å². The van der Waals surface area contributed by atoms with E-state index in [1.54, 1.807) is 7.05 Å². The van der Waals surface area contributed by atoms with Crippen molar-refractivity contribution in [1.82, 2.24) is 9.59 Å². The molecule has 1 aromatic carbocycles. The van der Waals surface area contributed by atoms with E-state index in [-0.39, 0.29) is 0 Å². The second kappa shape index (κ2) is 5.42. The van der Waals surface area contributed by atoms with Crippen molar-refractivity contribution in [3.8, 4) is 0 Å². The fourth-order valence-electron chi connectivity index (χ4n) is 1.23. The maximum Gasteiger partial charge on any atom is 0.139 e. The molecular formula is C10H9F2N3S2. The average molecular weight is 273 g/mol. The minimum Gasteiger partial charge on any atom is -0.377 e. The van der Waals surface area contributed by atoms with Gasteiger partial charge in [-0.2, -0.15) is 0 Å². The molecule has 0 unspecified atom stereocenters. The molecule has 17 heavy (non-hydrogen) atoms. The summed E-state index contributed by atoms with van der Waals surface area (Å²) in [7, 11) is 1.78. The van der Waals surface area contributed by atoms with E-state index in [1.807, 2.05) is 0 Å². The summed E-state index contributed by atoms with van der Waals surface area (Å²) in [5.41, 5.74) is 0.770. The summed E-state index contributed by atoms with van der Waals surface area (Å²) in [4.78, 5) is 0.404. The Labute approximate surface area is 105 Å². The van der Waals surface area contributed by atoms with Gasteiger partial charge in [-0.05, 0) is 12.1 Å². The van der Waals surface area contributed by atoms with Crippen molar-refractivity contribution in [3.63, 3.8) is 0 Å². The number of aromatic nitrogens is 2. The third-order valence-corrected chi connectivity index (χ3v) is 3.89. The Hall–Kier alpha value is -1.21. The van der Waals surface area contributed by atoms with Crippen LogP contribution < -0.4 is 5.32 Å². The van der Waals surface area contributed by atoms with Crippen molar-refractivity contribution in [2.24, 2.45) is 0 Å². The first-order valence-electron chi connectivity index (χ1n) is 4.77. The first kappa shape index (κ1) is 12.3. The molecule has 0 aliphatic carbocycles. The van der Waals surface area contributed by atoms with E-state index in [0.29, 0.717) is 10.6 Å². The maximum atomic E-state index is 13.4. The largest absolute Gasteiger partial charge is 0.377 e. The third kappa shape index (κ3) is 2.92. The van der Waals surface area contributed by atoms with Gasteiger partial charge >= 0.3 is 0 Å². The molecule has 0 spiro atoms. The summed E-state index contributed by atoms with van der Waals surface area (Å²) in [6.07, 6.45) is 0. The molecule has 0 saturated heterocycles. The second-order valence-electron chi connectivity index (χ2n) is 3.16. The van der Waals surface area contributed by atoms with Crippen LogP contribution in [0.3, 0.4) is 0 Å². The molecule has 0 fully saturated rings. The van der Waals surface area contributed by atoms with E-state index in [2.05, 4.69) is 14.9 Å². The number of anilines is 1. The molecule has 0 saturated carbocycles. The highest BCUT2D eigenvalue weighted by atomic mass is 32.2. The first-order chi connectivity index (χ1) is 8.20. The van der Waals surface area contributed by atoms with E-state index >= 15 is 0 Å². The number of hydrogen-bond acceptors (Lipinski definition) is 5. The molecule has 0 amide bonds. The smallest absolute Gasteiger partial charge is 0.139 e. The fraction of sp³-hybridized carbons (Fsp3) is 0.200. The van der Waals surface area contributed by atoms with Crippen molar-refractivity contribution < 1.29 is 8.78 Å². The number of rotatable bonds is 4. The summed E-state index contributed by atoms with van der Waals surface area (Å²) in [6, 6.07) is 3.54. The molecule has 0 radical (unpaired) electrons. The normalized spacial score (nSPS) is 10.5. The van der Waals surface area contributed by atoms with Crippen molar-refractivity contribution in [2.45, 2.75) is 10.6 Å². The predicted octanol–water partition coefficient (Wildman–Crippen LogP) is 3.15. The lowest BCUT2D eigenvalue weighted by molar-refractivity contribution is 0.565. The topological polar surface area (TPSA) is 37.8 Å². The van der Waals surface area contributed by atoms with Crippen LogP contribution in [-0.2, 0) is 5.75 Å². The Morgan fingerprint density at radius 2 is 2.24 bits per heavy atom. The maximum absolute atomic E-state index is 13.4. The van der Waals surface area contributed by atoms with Gasteiger partial charge in [-0.3, -0.25) is 0 Å². The van der Waals surface area contributed by atoms with Gasteiger partial charge in [-0.1, -0.05) is 4.49 Å². The van der Waals surface area contributed by atoms with Gasteiger partial charge in [0.2, 0.25) is 0 Å². The molecule has 0 bridgehead atoms. The van der Waals surface area contributed by atoms with E-state index in [1.165, 1.54) is 35.4 Å². The lowest BCUT2D eigenvalue weighted by Gasteiger charge is -2.02. The highest BCUT2D eigenvalue weighted by Crippen LogP contribution is 2.28. The van der Waals surface area contributed by atoms with Crippen molar-refractivity contribution in [3.05, 3.63) is 35.5 Å². The van der Waals surface area contributed by atoms with Crippen LogP contribution in [0.4, 0.5) is 13.8 Å². The summed E-state index contributed by atoms with van der Waals surface area (Å²) < 4.78 is 29.9. The van der Waals surface area contributed by atoms with Gasteiger partial charge in [0, 0.05) is 35.3 Å². The van der Waals surface area contributed by atoms with E-state index in [0.717, 1.165) is 16.8 Å². The van der Waals surface area contributed by atoms with Crippen LogP contribution in [0.25, 0.3) is 0 Å². The third-order valence-electron chi connectivity index (χ3n) is 2.04. The highest BCUT2D eigenvalue weighted by Gasteiger charge is 2.09. The standard InChI is InChI=1S/C10H9F2N3S2/c1-13-10-8(14-15-17-10)5-16-9-3-2-6(11)4-7(9)12/h2-4,13H,5H2,1H3. The van der Waals surface area contributed by atoms with Crippen molar-refractivity contribution in [2.75, 3.05) is 12.4 Å². The van der Waals surface area contributed by atoms with E-state index in [4.69, 9.17) is 0 Å². The van der Waals surface area contributed by atoms with Crippen LogP contribution >= 0.6 is 23.3 Å². The molecule has 0 aliphatic rings. The van der Waals surface area contributed by atoms with Crippen LogP contribution in [0.5, 0.6) is 0 Å². The Bertz CT molecular complexity index is 516. The zero-order valence-corrected chi connectivity index (χ0v) is 10.5. The lowest BCUT2D eigenvalue weighted by Crippen LogP contribution is -1.91. The lowest BCUT2D eigenvalue weighted by atomic mass is 10.3.